The van der Waals surface area contributed by atoms with Gasteiger partial charge in [0.25, 0.3) is 0 Å². The molecule has 2 N–H and O–H groups in total. The molecule has 1 aliphatic rings. The van der Waals surface area contributed by atoms with Gasteiger partial charge in [-0.1, -0.05) is 0 Å². The lowest BCUT2D eigenvalue weighted by molar-refractivity contribution is -0.187. The number of likely N-dealkylation sites (tertiary alicyclic amines) is 1. The fourth-order valence-electron chi connectivity index (χ4n) is 1.62. The fraction of sp³-hybridized carbons (Fsp3) is 0.875. The highest BCUT2D eigenvalue weighted by atomic mass is 35.5. The summed E-state index contributed by atoms with van der Waals surface area (Å²) in [6.07, 6.45) is -3.35. The molecule has 1 rings (SSSR count). The number of rotatable bonds is 1. The van der Waals surface area contributed by atoms with Crippen LogP contribution in [-0.2, 0) is 4.79 Å². The molecule has 1 heterocycles. The zero-order valence-corrected chi connectivity index (χ0v) is 8.90. The van der Waals surface area contributed by atoms with Crippen LogP contribution in [0.5, 0.6) is 0 Å². The van der Waals surface area contributed by atoms with Gasteiger partial charge in [-0.05, 0) is 25.3 Å². The Balaban J connectivity index is 0.00000196. The van der Waals surface area contributed by atoms with E-state index < -0.39 is 12.1 Å². The van der Waals surface area contributed by atoms with E-state index >= 15 is 0 Å². The van der Waals surface area contributed by atoms with E-state index in [-0.39, 0.29) is 31.4 Å². The van der Waals surface area contributed by atoms with Gasteiger partial charge < -0.3 is 10.6 Å². The van der Waals surface area contributed by atoms with E-state index in [4.69, 9.17) is 5.73 Å². The Kier molecular flexibility index (Phi) is 5.37. The Labute approximate surface area is 92.2 Å². The van der Waals surface area contributed by atoms with Gasteiger partial charge in [0.2, 0.25) is 0 Å². The summed E-state index contributed by atoms with van der Waals surface area (Å²) in [5, 5.41) is 0. The lowest BCUT2D eigenvalue weighted by Crippen LogP contribution is -2.47. The SMILES string of the molecule is Cl.NCC1CCCN(C(=O)C(F)(F)F)C1. The molecule has 0 aromatic carbocycles. The van der Waals surface area contributed by atoms with Crippen molar-refractivity contribution in [3.8, 4) is 0 Å². The first kappa shape index (κ1) is 14.5. The Morgan fingerprint density at radius 3 is 2.53 bits per heavy atom. The smallest absolute Gasteiger partial charge is 0.335 e. The normalized spacial score (nSPS) is 22.1. The summed E-state index contributed by atoms with van der Waals surface area (Å²) in [7, 11) is 0. The van der Waals surface area contributed by atoms with Gasteiger partial charge in [-0.2, -0.15) is 13.2 Å². The van der Waals surface area contributed by atoms with Crippen molar-refractivity contribution in [3.05, 3.63) is 0 Å². The minimum absolute atomic E-state index is 0. The average Bonchev–Trinajstić information content (AvgIpc) is 2.15. The second-order valence-corrected chi connectivity index (χ2v) is 3.49. The number of carbonyl (C=O) groups is 1. The van der Waals surface area contributed by atoms with Gasteiger partial charge in [-0.25, -0.2) is 0 Å². The van der Waals surface area contributed by atoms with E-state index in [1.165, 1.54) is 0 Å². The molecule has 1 aliphatic heterocycles. The summed E-state index contributed by atoms with van der Waals surface area (Å²) >= 11 is 0. The van der Waals surface area contributed by atoms with Crippen molar-refractivity contribution in [3.63, 3.8) is 0 Å². The van der Waals surface area contributed by atoms with E-state index in [0.717, 1.165) is 11.3 Å². The topological polar surface area (TPSA) is 46.3 Å². The first-order chi connectivity index (χ1) is 6.45. The Morgan fingerprint density at radius 1 is 1.47 bits per heavy atom. The van der Waals surface area contributed by atoms with E-state index in [1.54, 1.807) is 0 Å². The lowest BCUT2D eigenvalue weighted by atomic mass is 9.98. The van der Waals surface area contributed by atoms with E-state index in [1.807, 2.05) is 0 Å². The fourth-order valence-corrected chi connectivity index (χ4v) is 1.62. The van der Waals surface area contributed by atoms with Crippen LogP contribution in [-0.4, -0.2) is 36.6 Å². The molecule has 1 saturated heterocycles. The highest BCUT2D eigenvalue weighted by Crippen LogP contribution is 2.23. The molecule has 3 nitrogen and oxygen atoms in total. The maximum atomic E-state index is 12.0. The second kappa shape index (κ2) is 5.55. The molecule has 90 valence electrons. The number of nitrogens with two attached hydrogens (primary N) is 1. The van der Waals surface area contributed by atoms with Crippen molar-refractivity contribution in [2.24, 2.45) is 11.7 Å². The molecular formula is C8H14ClF3N2O. The predicted octanol–water partition coefficient (Wildman–Crippen LogP) is 1.17. The molecule has 7 heteroatoms. The highest BCUT2D eigenvalue weighted by molar-refractivity contribution is 5.85. The third-order valence-electron chi connectivity index (χ3n) is 2.38. The quantitative estimate of drug-likeness (QED) is 0.755. The largest absolute Gasteiger partial charge is 0.471 e. The van der Waals surface area contributed by atoms with Gasteiger partial charge in [0.05, 0.1) is 0 Å². The van der Waals surface area contributed by atoms with E-state index in [2.05, 4.69) is 0 Å². The molecule has 0 aromatic heterocycles. The van der Waals surface area contributed by atoms with E-state index in [9.17, 15) is 18.0 Å². The van der Waals surface area contributed by atoms with Crippen molar-refractivity contribution in [2.45, 2.75) is 19.0 Å². The van der Waals surface area contributed by atoms with Gasteiger partial charge in [0, 0.05) is 13.1 Å². The van der Waals surface area contributed by atoms with Crippen molar-refractivity contribution >= 4 is 18.3 Å². The number of alkyl halides is 3. The molecular weight excluding hydrogens is 233 g/mol. The van der Waals surface area contributed by atoms with Crippen LogP contribution in [0.3, 0.4) is 0 Å². The number of halogens is 4. The van der Waals surface area contributed by atoms with Crippen LogP contribution in [0, 0.1) is 5.92 Å². The number of hydrogen-bond donors (Lipinski definition) is 1. The van der Waals surface area contributed by atoms with Crippen LogP contribution in [0.2, 0.25) is 0 Å². The monoisotopic (exact) mass is 246 g/mol. The van der Waals surface area contributed by atoms with Crippen LogP contribution in [0.25, 0.3) is 0 Å². The first-order valence-electron chi connectivity index (χ1n) is 4.51. The first-order valence-corrected chi connectivity index (χ1v) is 4.51. The summed E-state index contributed by atoms with van der Waals surface area (Å²) in [5.74, 6) is -1.73. The zero-order valence-electron chi connectivity index (χ0n) is 8.09. The number of carbonyl (C=O) groups excluding carboxylic acids is 1. The van der Waals surface area contributed by atoms with Crippen LogP contribution >= 0.6 is 12.4 Å². The number of amides is 1. The molecule has 0 radical (unpaired) electrons. The number of hydrogen-bond acceptors (Lipinski definition) is 2. The minimum atomic E-state index is -4.75. The van der Waals surface area contributed by atoms with Gasteiger partial charge in [-0.3, -0.25) is 4.79 Å². The molecule has 0 aliphatic carbocycles. The Bertz CT molecular complexity index is 222. The molecule has 0 spiro atoms. The molecule has 1 atom stereocenters. The van der Waals surface area contributed by atoms with Crippen molar-refractivity contribution in [2.75, 3.05) is 19.6 Å². The summed E-state index contributed by atoms with van der Waals surface area (Å²) in [5.41, 5.74) is 5.36. The van der Waals surface area contributed by atoms with Gasteiger partial charge in [0.15, 0.2) is 0 Å². The van der Waals surface area contributed by atoms with Crippen molar-refractivity contribution < 1.29 is 18.0 Å². The van der Waals surface area contributed by atoms with Crippen LogP contribution < -0.4 is 5.73 Å². The highest BCUT2D eigenvalue weighted by Gasteiger charge is 2.43. The van der Waals surface area contributed by atoms with E-state index in [0.29, 0.717) is 13.0 Å². The molecule has 1 unspecified atom stereocenters. The number of nitrogens with zero attached hydrogens (tertiary/aromatic N) is 1. The standard InChI is InChI=1S/C8H13F3N2O.ClH/c9-8(10,11)7(14)13-3-1-2-6(4-12)5-13;/h6H,1-5,12H2;1H. The maximum absolute atomic E-state index is 12.0. The molecule has 0 saturated carbocycles. The Morgan fingerprint density at radius 2 is 2.07 bits per heavy atom. The maximum Gasteiger partial charge on any atom is 0.471 e. The van der Waals surface area contributed by atoms with Crippen molar-refractivity contribution in [1.82, 2.24) is 4.90 Å². The van der Waals surface area contributed by atoms with Gasteiger partial charge >= 0.3 is 12.1 Å². The summed E-state index contributed by atoms with van der Waals surface area (Å²) in [4.78, 5) is 11.7. The van der Waals surface area contributed by atoms with Crippen LogP contribution in [0.1, 0.15) is 12.8 Å². The molecule has 0 bridgehead atoms. The van der Waals surface area contributed by atoms with Gasteiger partial charge in [0.1, 0.15) is 0 Å². The third-order valence-corrected chi connectivity index (χ3v) is 2.38. The second-order valence-electron chi connectivity index (χ2n) is 3.49. The summed E-state index contributed by atoms with van der Waals surface area (Å²) in [6, 6.07) is 0. The van der Waals surface area contributed by atoms with Crippen LogP contribution in [0.15, 0.2) is 0 Å². The predicted molar refractivity (Wildman–Crippen MR) is 51.7 cm³/mol. The minimum Gasteiger partial charge on any atom is -0.335 e. The molecule has 15 heavy (non-hydrogen) atoms. The lowest BCUT2D eigenvalue weighted by Gasteiger charge is -2.32. The average molecular weight is 247 g/mol. The Hall–Kier alpha value is -0.490. The van der Waals surface area contributed by atoms with Crippen LogP contribution in [0.4, 0.5) is 13.2 Å². The van der Waals surface area contributed by atoms with Gasteiger partial charge in [-0.15, -0.1) is 12.4 Å². The zero-order chi connectivity index (χ0) is 10.8. The third kappa shape index (κ3) is 3.87. The summed E-state index contributed by atoms with van der Waals surface area (Å²) < 4.78 is 36.1. The number of piperidine rings is 1. The molecule has 1 amide bonds. The van der Waals surface area contributed by atoms with Crippen molar-refractivity contribution in [1.29, 1.82) is 0 Å². The molecule has 1 fully saturated rings. The summed E-state index contributed by atoms with van der Waals surface area (Å²) in [6.45, 7) is 0.658. The molecule has 0 aromatic rings.